The second kappa shape index (κ2) is 6.63. The van der Waals surface area contributed by atoms with Gasteiger partial charge in [-0.05, 0) is 58.5 Å². The third-order valence-electron chi connectivity index (χ3n) is 4.91. The molecule has 1 aliphatic heterocycles. The number of aliphatic hydroxyl groups excluding tert-OH is 1. The molecule has 23 heavy (non-hydrogen) atoms. The number of aromatic nitrogens is 1. The molecule has 0 aliphatic carbocycles. The highest BCUT2D eigenvalue weighted by Crippen LogP contribution is 2.42. The number of para-hydroxylation sites is 1. The SMILES string of the molecule is CN(C)CCC1Cc2c([nH]c3ccccc23)C(C)(CCCO)O1. The fourth-order valence-electron chi connectivity index (χ4n) is 3.72. The van der Waals surface area contributed by atoms with Crippen LogP contribution in [0, 0.1) is 0 Å². The molecule has 4 heteroatoms. The summed E-state index contributed by atoms with van der Waals surface area (Å²) in [6.07, 6.45) is 3.81. The van der Waals surface area contributed by atoms with Crippen LogP contribution in [0.25, 0.3) is 10.9 Å². The Morgan fingerprint density at radius 2 is 2.13 bits per heavy atom. The maximum atomic E-state index is 9.27. The molecule has 126 valence electrons. The van der Waals surface area contributed by atoms with Gasteiger partial charge < -0.3 is 19.7 Å². The molecule has 0 fully saturated rings. The van der Waals surface area contributed by atoms with E-state index < -0.39 is 0 Å². The first-order valence-electron chi connectivity index (χ1n) is 8.57. The van der Waals surface area contributed by atoms with Crippen molar-refractivity contribution < 1.29 is 9.84 Å². The van der Waals surface area contributed by atoms with Crippen molar-refractivity contribution in [1.29, 1.82) is 0 Å². The van der Waals surface area contributed by atoms with E-state index in [0.717, 1.165) is 32.2 Å². The maximum Gasteiger partial charge on any atom is 0.106 e. The molecule has 0 bridgehead atoms. The molecule has 1 aliphatic rings. The zero-order valence-electron chi connectivity index (χ0n) is 14.4. The first-order valence-corrected chi connectivity index (χ1v) is 8.57. The van der Waals surface area contributed by atoms with E-state index in [1.165, 1.54) is 22.2 Å². The molecule has 0 saturated heterocycles. The van der Waals surface area contributed by atoms with E-state index in [-0.39, 0.29) is 18.3 Å². The van der Waals surface area contributed by atoms with Crippen LogP contribution in [0.4, 0.5) is 0 Å². The van der Waals surface area contributed by atoms with Gasteiger partial charge in [0.25, 0.3) is 0 Å². The summed E-state index contributed by atoms with van der Waals surface area (Å²) in [4.78, 5) is 5.79. The number of nitrogens with one attached hydrogen (secondary N) is 1. The number of rotatable bonds is 6. The van der Waals surface area contributed by atoms with Gasteiger partial charge in [0.05, 0.1) is 11.8 Å². The molecule has 2 atom stereocenters. The van der Waals surface area contributed by atoms with Gasteiger partial charge in [0.1, 0.15) is 5.60 Å². The number of ether oxygens (including phenoxy) is 1. The van der Waals surface area contributed by atoms with Crippen molar-refractivity contribution in [1.82, 2.24) is 9.88 Å². The molecule has 0 radical (unpaired) electrons. The number of hydrogen-bond donors (Lipinski definition) is 2. The van der Waals surface area contributed by atoms with Crippen LogP contribution in [0.5, 0.6) is 0 Å². The topological polar surface area (TPSA) is 48.5 Å². The second-order valence-corrected chi connectivity index (χ2v) is 7.12. The van der Waals surface area contributed by atoms with Crippen molar-refractivity contribution in [2.24, 2.45) is 0 Å². The third-order valence-corrected chi connectivity index (χ3v) is 4.91. The standard InChI is InChI=1S/C19H28N2O2/c1-19(10-6-12-22)18-16(13-14(23-19)9-11-21(2)3)15-7-4-5-8-17(15)20-18/h4-5,7-8,14,20,22H,6,9-13H2,1-3H3. The summed E-state index contributed by atoms with van der Waals surface area (Å²) in [7, 11) is 4.20. The molecule has 2 N–H and O–H groups in total. The molecule has 3 rings (SSSR count). The van der Waals surface area contributed by atoms with Crippen molar-refractivity contribution in [3.8, 4) is 0 Å². The minimum atomic E-state index is -0.341. The van der Waals surface area contributed by atoms with Gasteiger partial charge in [0.15, 0.2) is 0 Å². The van der Waals surface area contributed by atoms with E-state index in [1.54, 1.807) is 0 Å². The largest absolute Gasteiger partial charge is 0.396 e. The normalized spacial score (nSPS) is 24.3. The van der Waals surface area contributed by atoms with Gasteiger partial charge in [-0.25, -0.2) is 0 Å². The van der Waals surface area contributed by atoms with E-state index in [0.29, 0.717) is 0 Å². The Bertz CT molecular complexity index is 664. The molecule has 1 aromatic heterocycles. The minimum Gasteiger partial charge on any atom is -0.396 e. The second-order valence-electron chi connectivity index (χ2n) is 7.12. The van der Waals surface area contributed by atoms with Crippen molar-refractivity contribution >= 4 is 10.9 Å². The highest BCUT2D eigenvalue weighted by Gasteiger charge is 2.39. The Morgan fingerprint density at radius 1 is 1.35 bits per heavy atom. The molecule has 2 unspecified atom stereocenters. The average Bonchev–Trinajstić information content (AvgIpc) is 2.91. The van der Waals surface area contributed by atoms with Gasteiger partial charge >= 0.3 is 0 Å². The Hall–Kier alpha value is -1.36. The lowest BCUT2D eigenvalue weighted by Gasteiger charge is -2.39. The van der Waals surface area contributed by atoms with Crippen LogP contribution in [0.1, 0.15) is 37.4 Å². The molecule has 2 aromatic rings. The molecule has 0 spiro atoms. The number of fused-ring (bicyclic) bond motifs is 3. The lowest BCUT2D eigenvalue weighted by molar-refractivity contribution is -0.112. The van der Waals surface area contributed by atoms with Gasteiger partial charge in [-0.15, -0.1) is 0 Å². The van der Waals surface area contributed by atoms with Crippen LogP contribution in [0.15, 0.2) is 24.3 Å². The van der Waals surface area contributed by atoms with E-state index in [9.17, 15) is 5.11 Å². The van der Waals surface area contributed by atoms with Crippen molar-refractivity contribution in [3.63, 3.8) is 0 Å². The number of nitrogens with zero attached hydrogens (tertiary/aromatic N) is 1. The summed E-state index contributed by atoms with van der Waals surface area (Å²) in [6, 6.07) is 8.51. The first-order chi connectivity index (χ1) is 11.0. The van der Waals surface area contributed by atoms with Gasteiger partial charge in [0, 0.05) is 23.9 Å². The molecule has 1 aromatic carbocycles. The van der Waals surface area contributed by atoms with E-state index in [4.69, 9.17) is 4.74 Å². The number of benzene rings is 1. The number of aliphatic hydroxyl groups is 1. The predicted molar refractivity (Wildman–Crippen MR) is 93.7 cm³/mol. The highest BCUT2D eigenvalue weighted by atomic mass is 16.5. The van der Waals surface area contributed by atoms with Gasteiger partial charge in [-0.2, -0.15) is 0 Å². The number of hydrogen-bond acceptors (Lipinski definition) is 3. The fraction of sp³-hybridized carbons (Fsp3) is 0.579. The van der Waals surface area contributed by atoms with E-state index in [2.05, 4.69) is 55.2 Å². The van der Waals surface area contributed by atoms with Crippen molar-refractivity contribution in [2.75, 3.05) is 27.2 Å². The number of aromatic amines is 1. The lowest BCUT2D eigenvalue weighted by Crippen LogP contribution is -2.39. The van der Waals surface area contributed by atoms with Crippen molar-refractivity contribution in [2.45, 2.75) is 44.3 Å². The highest BCUT2D eigenvalue weighted by molar-refractivity contribution is 5.85. The quantitative estimate of drug-likeness (QED) is 0.861. The smallest absolute Gasteiger partial charge is 0.106 e. The molecule has 2 heterocycles. The van der Waals surface area contributed by atoms with E-state index in [1.807, 2.05) is 0 Å². The zero-order chi connectivity index (χ0) is 16.4. The van der Waals surface area contributed by atoms with Crippen LogP contribution in [-0.4, -0.2) is 48.3 Å². The van der Waals surface area contributed by atoms with Gasteiger partial charge in [-0.1, -0.05) is 18.2 Å². The monoisotopic (exact) mass is 316 g/mol. The molecular formula is C19H28N2O2. The van der Waals surface area contributed by atoms with Crippen LogP contribution in [-0.2, 0) is 16.8 Å². The summed E-state index contributed by atoms with van der Waals surface area (Å²) < 4.78 is 6.51. The molecule has 0 saturated carbocycles. The van der Waals surface area contributed by atoms with Crippen LogP contribution < -0.4 is 0 Å². The van der Waals surface area contributed by atoms with Crippen molar-refractivity contribution in [3.05, 3.63) is 35.5 Å². The Balaban J connectivity index is 1.97. The summed E-state index contributed by atoms with van der Waals surface area (Å²) in [6.45, 7) is 3.40. The summed E-state index contributed by atoms with van der Waals surface area (Å²) >= 11 is 0. The number of H-pyrrole nitrogens is 1. The third kappa shape index (κ3) is 3.30. The molecule has 4 nitrogen and oxygen atoms in total. The lowest BCUT2D eigenvalue weighted by atomic mass is 9.86. The Labute approximate surface area is 138 Å². The predicted octanol–water partition coefficient (Wildman–Crippen LogP) is 3.05. The fourth-order valence-corrected chi connectivity index (χ4v) is 3.72. The van der Waals surface area contributed by atoms with E-state index >= 15 is 0 Å². The summed E-state index contributed by atoms with van der Waals surface area (Å²) in [5.74, 6) is 0. The van der Waals surface area contributed by atoms with Gasteiger partial charge in [0.2, 0.25) is 0 Å². The maximum absolute atomic E-state index is 9.27. The van der Waals surface area contributed by atoms with Gasteiger partial charge in [-0.3, -0.25) is 0 Å². The average molecular weight is 316 g/mol. The summed E-state index contributed by atoms with van der Waals surface area (Å²) in [5.41, 5.74) is 3.45. The molecular weight excluding hydrogens is 288 g/mol. The molecule has 0 amide bonds. The van der Waals surface area contributed by atoms with Crippen LogP contribution in [0.2, 0.25) is 0 Å². The Kier molecular flexibility index (Phi) is 4.76. The zero-order valence-corrected chi connectivity index (χ0v) is 14.4. The first kappa shape index (κ1) is 16.5. The Morgan fingerprint density at radius 3 is 2.87 bits per heavy atom. The van der Waals surface area contributed by atoms with Crippen LogP contribution >= 0.6 is 0 Å². The summed E-state index contributed by atoms with van der Waals surface area (Å²) in [5, 5.41) is 10.6. The van der Waals surface area contributed by atoms with Crippen LogP contribution in [0.3, 0.4) is 0 Å². The minimum absolute atomic E-state index is 0.205.